The molecular formula is C49H54O9. The molecule has 0 unspecified atom stereocenters. The van der Waals surface area contributed by atoms with Crippen LogP contribution in [0.15, 0.2) is 89.5 Å². The summed E-state index contributed by atoms with van der Waals surface area (Å²) in [5.41, 5.74) is 3.40. The van der Waals surface area contributed by atoms with Crippen LogP contribution in [0.2, 0.25) is 0 Å². The van der Waals surface area contributed by atoms with Gasteiger partial charge in [-0.3, -0.25) is 14.4 Å². The number of phenolic OH excluding ortho intramolecular Hbond substituents is 4. The molecule has 304 valence electrons. The number of allylic oxidation sites excluding steroid dienone is 5. The summed E-state index contributed by atoms with van der Waals surface area (Å²) >= 11 is 0. The highest BCUT2D eigenvalue weighted by atomic mass is 16.5. The van der Waals surface area contributed by atoms with Gasteiger partial charge in [0, 0.05) is 39.8 Å². The van der Waals surface area contributed by atoms with Gasteiger partial charge in [0.05, 0.1) is 18.2 Å². The molecular weight excluding hydrogens is 733 g/mol. The lowest BCUT2D eigenvalue weighted by molar-refractivity contribution is 0.0973. The summed E-state index contributed by atoms with van der Waals surface area (Å²) in [5.74, 6) is -4.98. The molecule has 2 atom stereocenters. The summed E-state index contributed by atoms with van der Waals surface area (Å²) in [7, 11) is 1.38. The van der Waals surface area contributed by atoms with Crippen molar-refractivity contribution in [2.75, 3.05) is 13.7 Å². The van der Waals surface area contributed by atoms with E-state index < -0.39 is 40.5 Å². The van der Waals surface area contributed by atoms with Crippen LogP contribution in [0.4, 0.5) is 0 Å². The first-order valence-electron chi connectivity index (χ1n) is 19.7. The number of hydrogen-bond acceptors (Lipinski definition) is 9. The minimum atomic E-state index is -1.02. The van der Waals surface area contributed by atoms with Gasteiger partial charge < -0.3 is 29.9 Å². The summed E-state index contributed by atoms with van der Waals surface area (Å²) < 4.78 is 12.3. The second-order valence-corrected chi connectivity index (χ2v) is 15.8. The van der Waals surface area contributed by atoms with Gasteiger partial charge in [0.15, 0.2) is 5.78 Å². The third-order valence-corrected chi connectivity index (χ3v) is 10.6. The number of aryl methyl sites for hydroxylation is 1. The van der Waals surface area contributed by atoms with Crippen LogP contribution in [-0.4, -0.2) is 51.5 Å². The number of fused-ring (bicyclic) bond motifs is 2. The van der Waals surface area contributed by atoms with E-state index in [9.17, 15) is 34.8 Å². The Balaban J connectivity index is 1.78. The van der Waals surface area contributed by atoms with Crippen LogP contribution in [0, 0.1) is 12.8 Å². The molecule has 0 radical (unpaired) electrons. The first kappa shape index (κ1) is 43.0. The van der Waals surface area contributed by atoms with Crippen molar-refractivity contribution in [1.82, 2.24) is 0 Å². The van der Waals surface area contributed by atoms with Gasteiger partial charge in [-0.2, -0.15) is 0 Å². The first-order chi connectivity index (χ1) is 27.5. The van der Waals surface area contributed by atoms with E-state index >= 15 is 0 Å². The van der Waals surface area contributed by atoms with Crippen LogP contribution in [0.25, 0.3) is 0 Å². The molecule has 5 rings (SSSR count). The predicted octanol–water partition coefficient (Wildman–Crippen LogP) is 10.8. The predicted molar refractivity (Wildman–Crippen MR) is 226 cm³/mol. The van der Waals surface area contributed by atoms with Gasteiger partial charge in [0.2, 0.25) is 11.6 Å². The Morgan fingerprint density at radius 2 is 1.38 bits per heavy atom. The van der Waals surface area contributed by atoms with E-state index in [1.54, 1.807) is 37.3 Å². The molecule has 0 amide bonds. The van der Waals surface area contributed by atoms with Gasteiger partial charge in [-0.1, -0.05) is 66.1 Å². The fraction of sp³-hybridized carbons (Fsp3) is 0.327. The molecule has 0 bridgehead atoms. The number of phenols is 4. The van der Waals surface area contributed by atoms with E-state index in [0.29, 0.717) is 12.0 Å². The molecule has 0 spiro atoms. The van der Waals surface area contributed by atoms with Crippen molar-refractivity contribution in [3.05, 3.63) is 140 Å². The van der Waals surface area contributed by atoms with E-state index in [0.717, 1.165) is 30.4 Å². The molecule has 0 heterocycles. The highest BCUT2D eigenvalue weighted by Crippen LogP contribution is 2.53. The van der Waals surface area contributed by atoms with Crippen LogP contribution >= 0.6 is 0 Å². The van der Waals surface area contributed by atoms with Crippen LogP contribution in [0.5, 0.6) is 34.5 Å². The third-order valence-electron chi connectivity index (χ3n) is 10.6. The Labute approximate surface area is 341 Å². The summed E-state index contributed by atoms with van der Waals surface area (Å²) in [6, 6.07) is 13.9. The van der Waals surface area contributed by atoms with Crippen LogP contribution in [0.1, 0.15) is 144 Å². The number of rotatable bonds is 16. The maximum atomic E-state index is 14.3. The Bertz CT molecular complexity index is 2320. The van der Waals surface area contributed by atoms with Crippen LogP contribution in [-0.2, 0) is 0 Å². The summed E-state index contributed by atoms with van der Waals surface area (Å²) in [6.45, 7) is 13.9. The largest absolute Gasteiger partial charge is 0.507 e. The fourth-order valence-electron chi connectivity index (χ4n) is 7.61. The highest BCUT2D eigenvalue weighted by Gasteiger charge is 2.40. The second kappa shape index (κ2) is 18.4. The number of carbonyl (C=O) groups excluding carboxylic acids is 3. The molecule has 4 aromatic rings. The van der Waals surface area contributed by atoms with E-state index in [1.807, 2.05) is 47.6 Å². The average Bonchev–Trinajstić information content (AvgIpc) is 3.15. The van der Waals surface area contributed by atoms with E-state index in [1.165, 1.54) is 36.9 Å². The molecule has 0 fully saturated rings. The molecule has 0 aromatic heterocycles. The van der Waals surface area contributed by atoms with Gasteiger partial charge >= 0.3 is 0 Å². The van der Waals surface area contributed by atoms with Gasteiger partial charge in [-0.15, -0.1) is 0 Å². The van der Waals surface area contributed by atoms with Gasteiger partial charge in [0.1, 0.15) is 46.7 Å². The molecule has 9 nitrogen and oxygen atoms in total. The molecule has 4 aromatic carbocycles. The minimum Gasteiger partial charge on any atom is -0.507 e. The highest BCUT2D eigenvalue weighted by molar-refractivity contribution is 6.30. The summed E-state index contributed by atoms with van der Waals surface area (Å²) in [5, 5.41) is 47.1. The van der Waals surface area contributed by atoms with Crippen molar-refractivity contribution in [2.45, 2.75) is 86.5 Å². The zero-order valence-corrected chi connectivity index (χ0v) is 34.7. The maximum Gasteiger partial charge on any atom is 0.201 e. The zero-order valence-electron chi connectivity index (χ0n) is 34.7. The molecule has 1 aliphatic carbocycles. The van der Waals surface area contributed by atoms with Crippen LogP contribution < -0.4 is 9.47 Å². The smallest absolute Gasteiger partial charge is 0.201 e. The SMILES string of the molecule is COc1cc2c(c(O)c1[C@H](C[C@H](C)CCC=C(C)C)c1c(OCC=C(C)CCC=C(C)C)cc(O)c(C(=O)c3ccccc3)c1O)C(=O)c1c(O)cc(C)cc1C2=O. The number of ether oxygens (including phenoxy) is 2. The Morgan fingerprint density at radius 3 is 2.03 bits per heavy atom. The quantitative estimate of drug-likeness (QED) is 0.0566. The van der Waals surface area contributed by atoms with E-state index in [-0.39, 0.29) is 80.7 Å². The molecule has 58 heavy (non-hydrogen) atoms. The van der Waals surface area contributed by atoms with Crippen molar-refractivity contribution >= 4 is 17.3 Å². The molecule has 0 aliphatic heterocycles. The summed E-state index contributed by atoms with van der Waals surface area (Å²) in [6.07, 6.45) is 9.50. The normalized spacial score (nSPS) is 13.3. The van der Waals surface area contributed by atoms with Crippen molar-refractivity contribution in [3.63, 3.8) is 0 Å². The lowest BCUT2D eigenvalue weighted by atomic mass is 9.76. The number of methoxy groups -OCH3 is 1. The fourth-order valence-corrected chi connectivity index (χ4v) is 7.61. The zero-order chi connectivity index (χ0) is 42.4. The Kier molecular flexibility index (Phi) is 13.7. The molecule has 4 N–H and O–H groups in total. The lowest BCUT2D eigenvalue weighted by Crippen LogP contribution is -2.23. The number of aromatic hydroxyl groups is 4. The van der Waals surface area contributed by atoms with Gasteiger partial charge in [-0.05, 0) is 109 Å². The maximum absolute atomic E-state index is 14.3. The Hall–Kier alpha value is -6.09. The second-order valence-electron chi connectivity index (χ2n) is 15.8. The van der Waals surface area contributed by atoms with Crippen molar-refractivity contribution < 1.29 is 44.3 Å². The van der Waals surface area contributed by atoms with Crippen molar-refractivity contribution in [1.29, 1.82) is 0 Å². The Morgan fingerprint density at radius 1 is 0.741 bits per heavy atom. The molecule has 9 heteroatoms. The molecule has 0 saturated heterocycles. The topological polar surface area (TPSA) is 151 Å². The molecule has 0 saturated carbocycles. The van der Waals surface area contributed by atoms with E-state index in [2.05, 4.69) is 12.2 Å². The monoisotopic (exact) mass is 786 g/mol. The number of carbonyl (C=O) groups is 3. The minimum absolute atomic E-state index is 0.00813. The number of ketones is 3. The van der Waals surface area contributed by atoms with Gasteiger partial charge in [-0.25, -0.2) is 0 Å². The van der Waals surface area contributed by atoms with Crippen LogP contribution in [0.3, 0.4) is 0 Å². The number of benzene rings is 4. The van der Waals surface area contributed by atoms with Crippen molar-refractivity contribution in [2.24, 2.45) is 5.92 Å². The lowest BCUT2D eigenvalue weighted by Gasteiger charge is -2.30. The standard InChI is InChI=1S/C49H54O9/c1-27(2)14-12-16-29(5)20-21-58-39-26-37(51)44(45(52)32-18-10-9-11-19-32)49(56)42(39)33(22-30(6)17-13-15-28(3)4)41-38(57-8)25-35-43(48(41)55)47(54)40-34(46(35)53)23-31(7)24-36(40)50/h9-11,14-15,18-20,23-26,30,33,50-51,55-56H,12-13,16-17,21-22H2,1-8H3/t30-,33+/m1/s1. The van der Waals surface area contributed by atoms with Crippen molar-refractivity contribution in [3.8, 4) is 34.5 Å². The average molecular weight is 787 g/mol. The number of hydrogen-bond donors (Lipinski definition) is 4. The molecule has 1 aliphatic rings. The first-order valence-corrected chi connectivity index (χ1v) is 19.7. The summed E-state index contributed by atoms with van der Waals surface area (Å²) in [4.78, 5) is 42.3. The van der Waals surface area contributed by atoms with Gasteiger partial charge in [0.25, 0.3) is 0 Å². The third kappa shape index (κ3) is 9.20. The van der Waals surface area contributed by atoms with E-state index in [4.69, 9.17) is 9.47 Å².